The molecule has 58 valence electrons. The summed E-state index contributed by atoms with van der Waals surface area (Å²) in [6, 6.07) is 7.18. The lowest BCUT2D eigenvalue weighted by atomic mass is 10.2. The lowest BCUT2D eigenvalue weighted by molar-refractivity contribution is 0.511. The molecule has 0 amide bonds. The fraction of sp³-hybridized carbons (Fsp3) is 0.111. The van der Waals surface area contributed by atoms with Gasteiger partial charge >= 0.3 is 0 Å². The van der Waals surface area contributed by atoms with Crippen LogP contribution in [0.15, 0.2) is 30.3 Å². The first kappa shape index (κ1) is 8.15. The molecule has 0 aliphatic heterocycles. The Morgan fingerprint density at radius 3 is 2.64 bits per heavy atom. The summed E-state index contributed by atoms with van der Waals surface area (Å²) in [6.07, 6.45) is 1.61. The van der Waals surface area contributed by atoms with Crippen molar-refractivity contribution in [3.05, 3.63) is 40.9 Å². The second-order valence-corrected chi connectivity index (χ2v) is 2.56. The number of rotatable bonds is 1. The molecule has 0 bridgehead atoms. The van der Waals surface area contributed by atoms with Gasteiger partial charge in [-0.15, -0.1) is 0 Å². The van der Waals surface area contributed by atoms with E-state index in [-0.39, 0.29) is 5.76 Å². The Morgan fingerprint density at radius 2 is 2.09 bits per heavy atom. The van der Waals surface area contributed by atoms with Crippen molar-refractivity contribution in [2.45, 2.75) is 6.92 Å². The second-order valence-electron chi connectivity index (χ2n) is 2.15. The van der Waals surface area contributed by atoms with E-state index in [1.54, 1.807) is 25.1 Å². The van der Waals surface area contributed by atoms with Crippen LogP contribution in [0.4, 0.5) is 0 Å². The maximum atomic E-state index is 9.29. The Labute approximate surface area is 70.9 Å². The summed E-state index contributed by atoms with van der Waals surface area (Å²) in [4.78, 5) is 0. The summed E-state index contributed by atoms with van der Waals surface area (Å²) in [5.41, 5.74) is 0.677. The third kappa shape index (κ3) is 1.75. The number of hydrogen-bond acceptors (Lipinski definition) is 1. The van der Waals surface area contributed by atoms with Gasteiger partial charge < -0.3 is 5.11 Å². The molecule has 1 N–H and O–H groups in total. The van der Waals surface area contributed by atoms with Crippen molar-refractivity contribution < 1.29 is 5.11 Å². The number of hydrogen-bond donors (Lipinski definition) is 1. The molecule has 1 aromatic carbocycles. The third-order valence-corrected chi connectivity index (χ3v) is 1.75. The zero-order chi connectivity index (χ0) is 8.27. The van der Waals surface area contributed by atoms with E-state index in [4.69, 9.17) is 11.6 Å². The molecule has 0 saturated carbocycles. The van der Waals surface area contributed by atoms with E-state index in [0.29, 0.717) is 10.6 Å². The topological polar surface area (TPSA) is 20.2 Å². The Bertz CT molecular complexity index is 279. The molecule has 0 spiro atoms. The molecule has 0 radical (unpaired) electrons. The maximum Gasteiger partial charge on any atom is 0.120 e. The van der Waals surface area contributed by atoms with Gasteiger partial charge in [-0.05, 0) is 25.1 Å². The van der Waals surface area contributed by atoms with Crippen molar-refractivity contribution >= 4 is 17.4 Å². The molecule has 1 nitrogen and oxygen atoms in total. The molecule has 1 aromatic rings. The fourth-order valence-electron chi connectivity index (χ4n) is 0.824. The van der Waals surface area contributed by atoms with Gasteiger partial charge in [0.15, 0.2) is 0 Å². The quantitative estimate of drug-likeness (QED) is 0.639. The van der Waals surface area contributed by atoms with Crippen LogP contribution in [-0.2, 0) is 0 Å². The van der Waals surface area contributed by atoms with E-state index in [2.05, 4.69) is 0 Å². The smallest absolute Gasteiger partial charge is 0.120 e. The predicted molar refractivity (Wildman–Crippen MR) is 47.7 cm³/mol. The molecular weight excluding hydrogens is 160 g/mol. The first-order chi connectivity index (χ1) is 5.25. The molecule has 0 aliphatic rings. The summed E-state index contributed by atoms with van der Waals surface area (Å²) in [5.74, 6) is 0.218. The number of benzene rings is 1. The molecule has 0 saturated heterocycles. The maximum absolute atomic E-state index is 9.29. The summed E-state index contributed by atoms with van der Waals surface area (Å²) in [6.45, 7) is 1.76. The third-order valence-electron chi connectivity index (χ3n) is 1.42. The van der Waals surface area contributed by atoms with Crippen molar-refractivity contribution in [3.8, 4) is 0 Å². The minimum absolute atomic E-state index is 0.218. The van der Waals surface area contributed by atoms with Gasteiger partial charge in [0.2, 0.25) is 0 Å². The van der Waals surface area contributed by atoms with Gasteiger partial charge in [-0.1, -0.05) is 23.7 Å². The standard InChI is InChI=1S/C9H9ClO/c1-2-9(11)7-5-3-4-6-8(7)10/h2-6,11H,1H3. The summed E-state index contributed by atoms with van der Waals surface area (Å²) in [5, 5.41) is 9.86. The molecule has 0 aromatic heterocycles. The highest BCUT2D eigenvalue weighted by Gasteiger charge is 2.00. The minimum Gasteiger partial charge on any atom is -0.508 e. The summed E-state index contributed by atoms with van der Waals surface area (Å²) >= 11 is 5.80. The lowest BCUT2D eigenvalue weighted by Gasteiger charge is -2.00. The molecule has 0 heterocycles. The Kier molecular flexibility index (Phi) is 2.55. The SMILES string of the molecule is CC=C(O)c1ccccc1Cl. The normalized spacial score (nSPS) is 11.6. The van der Waals surface area contributed by atoms with Crippen molar-refractivity contribution in [1.82, 2.24) is 0 Å². The lowest BCUT2D eigenvalue weighted by Crippen LogP contribution is -1.82. The van der Waals surface area contributed by atoms with Crippen LogP contribution in [0.25, 0.3) is 5.76 Å². The molecule has 2 heteroatoms. The molecule has 0 atom stereocenters. The van der Waals surface area contributed by atoms with Crippen LogP contribution in [0.1, 0.15) is 12.5 Å². The summed E-state index contributed by atoms with van der Waals surface area (Å²) in [7, 11) is 0. The fourth-order valence-corrected chi connectivity index (χ4v) is 1.06. The van der Waals surface area contributed by atoms with E-state index in [1.165, 1.54) is 0 Å². The number of allylic oxidation sites excluding steroid dienone is 1. The first-order valence-electron chi connectivity index (χ1n) is 3.36. The van der Waals surface area contributed by atoms with Gasteiger partial charge in [0, 0.05) is 5.56 Å². The van der Waals surface area contributed by atoms with Crippen molar-refractivity contribution in [2.75, 3.05) is 0 Å². The molecule has 11 heavy (non-hydrogen) atoms. The number of aliphatic hydroxyl groups is 1. The van der Waals surface area contributed by atoms with E-state index < -0.39 is 0 Å². The van der Waals surface area contributed by atoms with Gasteiger partial charge in [-0.3, -0.25) is 0 Å². The molecule has 1 rings (SSSR count). The van der Waals surface area contributed by atoms with Crippen molar-refractivity contribution in [3.63, 3.8) is 0 Å². The molecule has 0 fully saturated rings. The van der Waals surface area contributed by atoms with E-state index >= 15 is 0 Å². The highest BCUT2D eigenvalue weighted by molar-refractivity contribution is 6.32. The van der Waals surface area contributed by atoms with Crippen LogP contribution in [0.3, 0.4) is 0 Å². The van der Waals surface area contributed by atoms with Crippen molar-refractivity contribution in [1.29, 1.82) is 0 Å². The Hall–Kier alpha value is -0.950. The second kappa shape index (κ2) is 3.44. The van der Waals surface area contributed by atoms with Gasteiger partial charge in [0.25, 0.3) is 0 Å². The van der Waals surface area contributed by atoms with E-state index in [0.717, 1.165) is 0 Å². The Morgan fingerprint density at radius 1 is 1.45 bits per heavy atom. The van der Waals surface area contributed by atoms with Gasteiger partial charge in [-0.2, -0.15) is 0 Å². The van der Waals surface area contributed by atoms with Crippen LogP contribution in [-0.4, -0.2) is 5.11 Å². The number of aliphatic hydroxyl groups excluding tert-OH is 1. The zero-order valence-corrected chi connectivity index (χ0v) is 6.97. The van der Waals surface area contributed by atoms with Crippen LogP contribution < -0.4 is 0 Å². The summed E-state index contributed by atoms with van der Waals surface area (Å²) < 4.78 is 0. The average Bonchev–Trinajstić information content (AvgIpc) is 2.04. The van der Waals surface area contributed by atoms with Crippen molar-refractivity contribution in [2.24, 2.45) is 0 Å². The first-order valence-corrected chi connectivity index (χ1v) is 3.73. The molecule has 0 unspecified atom stereocenters. The van der Waals surface area contributed by atoms with E-state index in [9.17, 15) is 5.11 Å². The van der Waals surface area contributed by atoms with E-state index in [1.807, 2.05) is 12.1 Å². The average molecular weight is 169 g/mol. The van der Waals surface area contributed by atoms with Gasteiger partial charge in [0.05, 0.1) is 5.02 Å². The molecular formula is C9H9ClO. The predicted octanol–water partition coefficient (Wildman–Crippen LogP) is 3.26. The van der Waals surface area contributed by atoms with Crippen LogP contribution in [0.2, 0.25) is 5.02 Å². The molecule has 0 aliphatic carbocycles. The monoisotopic (exact) mass is 168 g/mol. The van der Waals surface area contributed by atoms with Crippen LogP contribution in [0, 0.1) is 0 Å². The van der Waals surface area contributed by atoms with Crippen LogP contribution in [0.5, 0.6) is 0 Å². The van der Waals surface area contributed by atoms with Crippen LogP contribution >= 0.6 is 11.6 Å². The highest BCUT2D eigenvalue weighted by atomic mass is 35.5. The zero-order valence-electron chi connectivity index (χ0n) is 6.21. The number of halogens is 1. The highest BCUT2D eigenvalue weighted by Crippen LogP contribution is 2.20. The largest absolute Gasteiger partial charge is 0.508 e. The minimum atomic E-state index is 0.218. The Balaban J connectivity index is 3.14. The van der Waals surface area contributed by atoms with Gasteiger partial charge in [0.1, 0.15) is 5.76 Å². The van der Waals surface area contributed by atoms with Gasteiger partial charge in [-0.25, -0.2) is 0 Å².